The SMILES string of the molecule is C=CCNC(C(=O)OCC)c1c[nH]c2ccccc12. The zero-order chi connectivity index (χ0) is 13.7. The first-order chi connectivity index (χ1) is 9.27. The van der Waals surface area contributed by atoms with Gasteiger partial charge in [0.25, 0.3) is 0 Å². The van der Waals surface area contributed by atoms with Gasteiger partial charge < -0.3 is 9.72 Å². The number of rotatable bonds is 6. The lowest BCUT2D eigenvalue weighted by Crippen LogP contribution is -2.30. The fourth-order valence-electron chi connectivity index (χ4n) is 2.08. The molecule has 4 heteroatoms. The Morgan fingerprint density at radius 1 is 1.53 bits per heavy atom. The van der Waals surface area contributed by atoms with Crippen molar-refractivity contribution in [1.29, 1.82) is 0 Å². The number of ether oxygens (including phenoxy) is 1. The van der Waals surface area contributed by atoms with E-state index in [0.29, 0.717) is 13.2 Å². The molecule has 1 heterocycles. The summed E-state index contributed by atoms with van der Waals surface area (Å²) in [6.45, 7) is 6.38. The first-order valence-corrected chi connectivity index (χ1v) is 6.34. The van der Waals surface area contributed by atoms with Gasteiger partial charge in [-0.05, 0) is 13.0 Å². The van der Waals surface area contributed by atoms with Gasteiger partial charge in [0.1, 0.15) is 6.04 Å². The quantitative estimate of drug-likeness (QED) is 0.618. The van der Waals surface area contributed by atoms with Crippen LogP contribution >= 0.6 is 0 Å². The van der Waals surface area contributed by atoms with Crippen LogP contribution in [0.4, 0.5) is 0 Å². The van der Waals surface area contributed by atoms with Gasteiger partial charge in [-0.3, -0.25) is 5.32 Å². The summed E-state index contributed by atoms with van der Waals surface area (Å²) in [6.07, 6.45) is 3.57. The maximum Gasteiger partial charge on any atom is 0.327 e. The largest absolute Gasteiger partial charge is 0.465 e. The van der Waals surface area contributed by atoms with E-state index in [0.717, 1.165) is 16.5 Å². The van der Waals surface area contributed by atoms with E-state index in [4.69, 9.17) is 4.74 Å². The van der Waals surface area contributed by atoms with Gasteiger partial charge in [-0.2, -0.15) is 0 Å². The lowest BCUT2D eigenvalue weighted by Gasteiger charge is -2.15. The molecular weight excluding hydrogens is 240 g/mol. The van der Waals surface area contributed by atoms with Crippen LogP contribution in [-0.2, 0) is 9.53 Å². The fourth-order valence-corrected chi connectivity index (χ4v) is 2.08. The van der Waals surface area contributed by atoms with Gasteiger partial charge in [0.05, 0.1) is 6.61 Å². The average Bonchev–Trinajstić information content (AvgIpc) is 2.84. The Morgan fingerprint density at radius 2 is 2.32 bits per heavy atom. The highest BCUT2D eigenvalue weighted by Gasteiger charge is 2.23. The van der Waals surface area contributed by atoms with E-state index in [1.54, 1.807) is 13.0 Å². The molecule has 1 unspecified atom stereocenters. The molecule has 0 aliphatic rings. The summed E-state index contributed by atoms with van der Waals surface area (Å²) in [7, 11) is 0. The third-order valence-corrected chi connectivity index (χ3v) is 2.92. The molecule has 1 aromatic heterocycles. The van der Waals surface area contributed by atoms with Crippen molar-refractivity contribution < 1.29 is 9.53 Å². The van der Waals surface area contributed by atoms with E-state index in [1.807, 2.05) is 30.5 Å². The molecule has 0 spiro atoms. The molecule has 0 saturated carbocycles. The van der Waals surface area contributed by atoms with Crippen LogP contribution in [0.2, 0.25) is 0 Å². The molecule has 2 N–H and O–H groups in total. The summed E-state index contributed by atoms with van der Waals surface area (Å²) in [5, 5.41) is 4.16. The molecular formula is C15H18N2O2. The van der Waals surface area contributed by atoms with Gasteiger partial charge in [-0.1, -0.05) is 24.3 Å². The number of H-pyrrole nitrogens is 1. The minimum absolute atomic E-state index is 0.269. The van der Waals surface area contributed by atoms with Gasteiger partial charge in [0.15, 0.2) is 0 Å². The first-order valence-electron chi connectivity index (χ1n) is 6.34. The Kier molecular flexibility index (Phi) is 4.36. The first kappa shape index (κ1) is 13.4. The second-order valence-corrected chi connectivity index (χ2v) is 4.17. The molecule has 19 heavy (non-hydrogen) atoms. The van der Waals surface area contributed by atoms with Crippen molar-refractivity contribution in [1.82, 2.24) is 10.3 Å². The van der Waals surface area contributed by atoms with Crippen LogP contribution in [0.25, 0.3) is 10.9 Å². The van der Waals surface area contributed by atoms with Crippen molar-refractivity contribution in [2.75, 3.05) is 13.2 Å². The Hall–Kier alpha value is -2.07. The van der Waals surface area contributed by atoms with Crippen molar-refractivity contribution in [3.05, 3.63) is 48.7 Å². The van der Waals surface area contributed by atoms with Crippen molar-refractivity contribution >= 4 is 16.9 Å². The van der Waals surface area contributed by atoms with Crippen molar-refractivity contribution in [2.24, 2.45) is 0 Å². The van der Waals surface area contributed by atoms with E-state index in [9.17, 15) is 4.79 Å². The number of aromatic amines is 1. The van der Waals surface area contributed by atoms with Crippen molar-refractivity contribution in [3.63, 3.8) is 0 Å². The fraction of sp³-hybridized carbons (Fsp3) is 0.267. The van der Waals surface area contributed by atoms with Gasteiger partial charge in [-0.25, -0.2) is 4.79 Å². The highest BCUT2D eigenvalue weighted by Crippen LogP contribution is 2.24. The minimum Gasteiger partial charge on any atom is -0.465 e. The predicted molar refractivity (Wildman–Crippen MR) is 75.9 cm³/mol. The number of hydrogen-bond donors (Lipinski definition) is 2. The van der Waals surface area contributed by atoms with Crippen LogP contribution in [0.5, 0.6) is 0 Å². The summed E-state index contributed by atoms with van der Waals surface area (Å²) < 4.78 is 5.12. The molecule has 0 aliphatic heterocycles. The smallest absolute Gasteiger partial charge is 0.327 e. The molecule has 0 amide bonds. The minimum atomic E-state index is -0.478. The predicted octanol–water partition coefficient (Wildman–Crippen LogP) is 2.55. The molecule has 100 valence electrons. The summed E-state index contributed by atoms with van der Waals surface area (Å²) in [6, 6.07) is 7.40. The molecule has 0 fully saturated rings. The molecule has 4 nitrogen and oxygen atoms in total. The lowest BCUT2D eigenvalue weighted by atomic mass is 10.1. The van der Waals surface area contributed by atoms with Gasteiger partial charge in [0.2, 0.25) is 0 Å². The Bertz CT molecular complexity index is 574. The Morgan fingerprint density at radius 3 is 3.05 bits per heavy atom. The second kappa shape index (κ2) is 6.20. The van der Waals surface area contributed by atoms with Crippen LogP contribution < -0.4 is 5.32 Å². The third-order valence-electron chi connectivity index (χ3n) is 2.92. The standard InChI is InChI=1S/C15H18N2O2/c1-3-9-16-14(15(18)19-4-2)12-10-17-13-8-6-5-7-11(12)13/h3,5-8,10,14,16-17H,1,4,9H2,2H3. The Labute approximate surface area is 112 Å². The molecule has 1 atom stereocenters. The highest BCUT2D eigenvalue weighted by molar-refractivity contribution is 5.89. The van der Waals surface area contributed by atoms with E-state index in [-0.39, 0.29) is 5.97 Å². The highest BCUT2D eigenvalue weighted by atomic mass is 16.5. The summed E-state index contributed by atoms with van der Waals surface area (Å²) >= 11 is 0. The maximum absolute atomic E-state index is 12.1. The number of benzene rings is 1. The summed E-state index contributed by atoms with van der Waals surface area (Å²) in [4.78, 5) is 15.2. The zero-order valence-corrected chi connectivity index (χ0v) is 11.0. The van der Waals surface area contributed by atoms with E-state index >= 15 is 0 Å². The normalized spacial score (nSPS) is 12.3. The number of hydrogen-bond acceptors (Lipinski definition) is 3. The monoisotopic (exact) mass is 258 g/mol. The molecule has 0 radical (unpaired) electrons. The number of carbonyl (C=O) groups excluding carboxylic acids is 1. The van der Waals surface area contributed by atoms with Crippen LogP contribution in [0, 0.1) is 0 Å². The second-order valence-electron chi connectivity index (χ2n) is 4.17. The van der Waals surface area contributed by atoms with E-state index in [2.05, 4.69) is 16.9 Å². The Balaban J connectivity index is 2.36. The van der Waals surface area contributed by atoms with Crippen LogP contribution in [0.1, 0.15) is 18.5 Å². The number of esters is 1. The van der Waals surface area contributed by atoms with Crippen LogP contribution in [-0.4, -0.2) is 24.1 Å². The van der Waals surface area contributed by atoms with Gasteiger partial charge >= 0.3 is 5.97 Å². The molecule has 0 aliphatic carbocycles. The zero-order valence-electron chi connectivity index (χ0n) is 11.0. The summed E-state index contributed by atoms with van der Waals surface area (Å²) in [5.41, 5.74) is 1.91. The number of nitrogens with one attached hydrogen (secondary N) is 2. The topological polar surface area (TPSA) is 54.1 Å². The number of carbonyl (C=O) groups is 1. The van der Waals surface area contributed by atoms with Crippen LogP contribution in [0.3, 0.4) is 0 Å². The van der Waals surface area contributed by atoms with Crippen molar-refractivity contribution in [2.45, 2.75) is 13.0 Å². The van der Waals surface area contributed by atoms with Crippen molar-refractivity contribution in [3.8, 4) is 0 Å². The molecule has 2 rings (SSSR count). The maximum atomic E-state index is 12.1. The summed E-state index contributed by atoms with van der Waals surface area (Å²) in [5.74, 6) is -0.269. The molecule has 2 aromatic rings. The third kappa shape index (κ3) is 2.85. The molecule has 1 aromatic carbocycles. The number of fused-ring (bicyclic) bond motifs is 1. The van der Waals surface area contributed by atoms with Crippen LogP contribution in [0.15, 0.2) is 43.1 Å². The number of aromatic nitrogens is 1. The lowest BCUT2D eigenvalue weighted by molar-refractivity contribution is -0.145. The van der Waals surface area contributed by atoms with Gasteiger partial charge in [0, 0.05) is 29.2 Å². The van der Waals surface area contributed by atoms with Gasteiger partial charge in [-0.15, -0.1) is 6.58 Å². The number of para-hydroxylation sites is 1. The average molecular weight is 258 g/mol. The molecule has 0 bridgehead atoms. The van der Waals surface area contributed by atoms with E-state index in [1.165, 1.54) is 0 Å². The molecule has 0 saturated heterocycles. The van der Waals surface area contributed by atoms with E-state index < -0.39 is 6.04 Å².